The highest BCUT2D eigenvalue weighted by atomic mass is 16.5. The largest absolute Gasteiger partial charge is 0.497 e. The molecule has 2 heterocycles. The molecule has 0 bridgehead atoms. The van der Waals surface area contributed by atoms with E-state index >= 15 is 0 Å². The van der Waals surface area contributed by atoms with Crippen LogP contribution in [0.25, 0.3) is 5.57 Å². The molecular weight excluding hydrogens is 264 g/mol. The Bertz CT molecular complexity index is 518. The first-order valence-electron chi connectivity index (χ1n) is 7.45. The predicted octanol–water partition coefficient (Wildman–Crippen LogP) is 1.64. The second-order valence-corrected chi connectivity index (χ2v) is 5.39. The first-order chi connectivity index (χ1) is 10.3. The lowest BCUT2D eigenvalue weighted by Gasteiger charge is -2.31. The second kappa shape index (κ2) is 6.74. The van der Waals surface area contributed by atoms with E-state index in [1.54, 1.807) is 7.11 Å². The number of hydrazine groups is 1. The van der Waals surface area contributed by atoms with Crippen molar-refractivity contribution in [2.45, 2.75) is 18.9 Å². The summed E-state index contributed by atoms with van der Waals surface area (Å²) in [6.07, 6.45) is 6.39. The molecule has 0 aromatic heterocycles. The highest BCUT2D eigenvalue weighted by Crippen LogP contribution is 2.19. The Hall–Kier alpha value is -1.85. The molecule has 5 nitrogen and oxygen atoms in total. The van der Waals surface area contributed by atoms with Crippen molar-refractivity contribution < 1.29 is 4.74 Å². The molecule has 1 aromatic carbocycles. The number of hydrogen-bond acceptors (Lipinski definition) is 5. The average Bonchev–Trinajstić information content (AvgIpc) is 2.56. The Labute approximate surface area is 125 Å². The molecule has 0 atom stereocenters. The Kier molecular flexibility index (Phi) is 4.52. The van der Waals surface area contributed by atoms with Crippen molar-refractivity contribution in [3.8, 4) is 5.75 Å². The Morgan fingerprint density at radius 2 is 2.00 bits per heavy atom. The van der Waals surface area contributed by atoms with Gasteiger partial charge >= 0.3 is 0 Å². The number of allylic oxidation sites excluding steroid dienone is 1. The van der Waals surface area contributed by atoms with Gasteiger partial charge in [0.05, 0.1) is 7.11 Å². The van der Waals surface area contributed by atoms with Gasteiger partial charge in [-0.05, 0) is 43.6 Å². The summed E-state index contributed by atoms with van der Waals surface area (Å²) in [6.45, 7) is 2.84. The molecule has 0 unspecified atom stereocenters. The predicted molar refractivity (Wildman–Crippen MR) is 85.2 cm³/mol. The lowest BCUT2D eigenvalue weighted by molar-refractivity contribution is 0.207. The molecule has 21 heavy (non-hydrogen) atoms. The van der Waals surface area contributed by atoms with E-state index in [0.717, 1.165) is 42.8 Å². The summed E-state index contributed by atoms with van der Waals surface area (Å²) < 4.78 is 5.20. The SMILES string of the molecule is COc1ccc(C2=CN(NC3CCNCC3)CN=C2)cc1. The van der Waals surface area contributed by atoms with Crippen molar-refractivity contribution in [1.82, 2.24) is 15.8 Å². The standard InChI is InChI=1S/C16H22N4O/c1-21-16-4-2-13(3-5-16)14-10-18-12-20(11-14)19-15-6-8-17-9-7-15/h2-5,10-11,15,17,19H,6-9,12H2,1H3. The van der Waals surface area contributed by atoms with E-state index in [1.807, 2.05) is 18.3 Å². The van der Waals surface area contributed by atoms with Crippen LogP contribution in [0.3, 0.4) is 0 Å². The van der Waals surface area contributed by atoms with E-state index in [-0.39, 0.29) is 0 Å². The van der Waals surface area contributed by atoms with Crippen LogP contribution < -0.4 is 15.5 Å². The fraction of sp³-hybridized carbons (Fsp3) is 0.438. The van der Waals surface area contributed by atoms with Gasteiger partial charge in [-0.3, -0.25) is 10.0 Å². The molecule has 0 radical (unpaired) electrons. The summed E-state index contributed by atoms with van der Waals surface area (Å²) >= 11 is 0. The molecule has 2 aliphatic rings. The van der Waals surface area contributed by atoms with Crippen LogP contribution in [0.4, 0.5) is 0 Å². The minimum absolute atomic E-state index is 0.535. The molecular formula is C16H22N4O. The third-order valence-corrected chi connectivity index (χ3v) is 3.87. The fourth-order valence-corrected chi connectivity index (χ4v) is 2.67. The third kappa shape index (κ3) is 3.62. The summed E-state index contributed by atoms with van der Waals surface area (Å²) in [7, 11) is 1.68. The van der Waals surface area contributed by atoms with Crippen LogP contribution in [0.2, 0.25) is 0 Å². The van der Waals surface area contributed by atoms with Crippen molar-refractivity contribution in [3.05, 3.63) is 36.0 Å². The molecule has 2 N–H and O–H groups in total. The van der Waals surface area contributed by atoms with Crippen LogP contribution in [0.5, 0.6) is 5.75 Å². The van der Waals surface area contributed by atoms with Gasteiger partial charge in [-0.15, -0.1) is 0 Å². The van der Waals surface area contributed by atoms with E-state index in [4.69, 9.17) is 4.74 Å². The van der Waals surface area contributed by atoms with Gasteiger partial charge in [0.1, 0.15) is 12.4 Å². The van der Waals surface area contributed by atoms with Crippen LogP contribution in [0, 0.1) is 0 Å². The number of rotatable bonds is 4. The number of benzene rings is 1. The van der Waals surface area contributed by atoms with Gasteiger partial charge in [0.2, 0.25) is 0 Å². The quantitative estimate of drug-likeness (QED) is 0.883. The van der Waals surface area contributed by atoms with Crippen molar-refractivity contribution in [3.63, 3.8) is 0 Å². The lowest BCUT2D eigenvalue weighted by atomic mass is 10.1. The molecule has 1 saturated heterocycles. The molecule has 5 heteroatoms. The minimum atomic E-state index is 0.535. The van der Waals surface area contributed by atoms with E-state index in [2.05, 4.69) is 39.1 Å². The number of piperidine rings is 1. The van der Waals surface area contributed by atoms with Crippen LogP contribution in [0.1, 0.15) is 18.4 Å². The summed E-state index contributed by atoms with van der Waals surface area (Å²) in [6, 6.07) is 8.61. The molecule has 0 saturated carbocycles. The Morgan fingerprint density at radius 1 is 1.24 bits per heavy atom. The molecule has 0 aliphatic carbocycles. The highest BCUT2D eigenvalue weighted by Gasteiger charge is 2.16. The topological polar surface area (TPSA) is 48.9 Å². The number of nitrogens with one attached hydrogen (secondary N) is 2. The highest BCUT2D eigenvalue weighted by molar-refractivity contribution is 6.10. The fourth-order valence-electron chi connectivity index (χ4n) is 2.67. The summed E-state index contributed by atoms with van der Waals surface area (Å²) in [5, 5.41) is 5.47. The molecule has 0 amide bonds. The van der Waals surface area contributed by atoms with Gasteiger partial charge in [0.25, 0.3) is 0 Å². The molecule has 0 spiro atoms. The molecule has 2 aliphatic heterocycles. The monoisotopic (exact) mass is 286 g/mol. The van der Waals surface area contributed by atoms with Crippen LogP contribution in [0.15, 0.2) is 35.5 Å². The number of aliphatic imine (C=N–C) groups is 1. The lowest BCUT2D eigenvalue weighted by Crippen LogP contribution is -2.47. The van der Waals surface area contributed by atoms with E-state index in [9.17, 15) is 0 Å². The normalized spacial score (nSPS) is 19.5. The maximum absolute atomic E-state index is 5.20. The number of ether oxygens (including phenoxy) is 1. The van der Waals surface area contributed by atoms with Crippen molar-refractivity contribution in [2.24, 2.45) is 4.99 Å². The van der Waals surface area contributed by atoms with Gasteiger partial charge in [0, 0.05) is 24.0 Å². The number of methoxy groups -OCH3 is 1. The van der Waals surface area contributed by atoms with E-state index in [0.29, 0.717) is 12.7 Å². The van der Waals surface area contributed by atoms with Crippen LogP contribution >= 0.6 is 0 Å². The van der Waals surface area contributed by atoms with Crippen molar-refractivity contribution in [1.29, 1.82) is 0 Å². The van der Waals surface area contributed by atoms with Crippen LogP contribution in [-0.2, 0) is 0 Å². The zero-order valence-electron chi connectivity index (χ0n) is 12.4. The summed E-state index contributed by atoms with van der Waals surface area (Å²) in [4.78, 5) is 4.45. The Balaban J connectivity index is 1.67. The van der Waals surface area contributed by atoms with Crippen molar-refractivity contribution in [2.75, 3.05) is 26.9 Å². The van der Waals surface area contributed by atoms with Gasteiger partial charge < -0.3 is 10.1 Å². The van der Waals surface area contributed by atoms with E-state index < -0.39 is 0 Å². The number of hydrogen-bond donors (Lipinski definition) is 2. The van der Waals surface area contributed by atoms with E-state index in [1.165, 1.54) is 0 Å². The molecule has 3 rings (SSSR count). The van der Waals surface area contributed by atoms with Crippen LogP contribution in [-0.4, -0.2) is 44.1 Å². The summed E-state index contributed by atoms with van der Waals surface area (Å²) in [5.74, 6) is 0.872. The molecule has 112 valence electrons. The average molecular weight is 286 g/mol. The van der Waals surface area contributed by atoms with Gasteiger partial charge in [-0.25, -0.2) is 5.43 Å². The zero-order valence-corrected chi connectivity index (χ0v) is 12.4. The maximum atomic E-state index is 5.20. The first kappa shape index (κ1) is 14.1. The maximum Gasteiger partial charge on any atom is 0.124 e. The molecule has 1 fully saturated rings. The van der Waals surface area contributed by atoms with Crippen molar-refractivity contribution >= 4 is 11.8 Å². The van der Waals surface area contributed by atoms with Gasteiger partial charge in [-0.1, -0.05) is 12.1 Å². The minimum Gasteiger partial charge on any atom is -0.497 e. The zero-order chi connectivity index (χ0) is 14.5. The number of nitrogens with zero attached hydrogens (tertiary/aromatic N) is 2. The smallest absolute Gasteiger partial charge is 0.124 e. The van der Waals surface area contributed by atoms with Gasteiger partial charge in [0.15, 0.2) is 0 Å². The molecule has 1 aromatic rings. The van der Waals surface area contributed by atoms with Gasteiger partial charge in [-0.2, -0.15) is 0 Å². The Morgan fingerprint density at radius 3 is 2.71 bits per heavy atom. The summed E-state index contributed by atoms with van der Waals surface area (Å²) in [5.41, 5.74) is 5.82. The first-order valence-corrected chi connectivity index (χ1v) is 7.45. The second-order valence-electron chi connectivity index (χ2n) is 5.39. The third-order valence-electron chi connectivity index (χ3n) is 3.87.